The van der Waals surface area contributed by atoms with Gasteiger partial charge < -0.3 is 9.47 Å². The van der Waals surface area contributed by atoms with Crippen LogP contribution in [0.5, 0.6) is 5.75 Å². The van der Waals surface area contributed by atoms with E-state index < -0.39 is 12.6 Å². The molecule has 5 rings (SSSR count). The lowest BCUT2D eigenvalue weighted by molar-refractivity contribution is -0.155. The molecule has 28 heavy (non-hydrogen) atoms. The Labute approximate surface area is 162 Å². The lowest BCUT2D eigenvalue weighted by Gasteiger charge is -2.55. The molecule has 0 aromatic heterocycles. The smallest absolute Gasteiger partial charge is 0.387 e. The maximum absolute atomic E-state index is 12.8. The van der Waals surface area contributed by atoms with Crippen molar-refractivity contribution in [2.45, 2.75) is 45.1 Å². The standard InChI is InChI=1S/C22H24F2O4/c23-21(24)28-18-4-1-14(2-5-18)3-6-20(26)27-13-19(25)22-10-15-7-16(11-22)9-17(8-15)12-22/h1-6,15-17,21H,7-13H2/b6-3+. The van der Waals surface area contributed by atoms with Gasteiger partial charge in [-0.1, -0.05) is 12.1 Å². The Morgan fingerprint density at radius 2 is 1.61 bits per heavy atom. The Morgan fingerprint density at radius 1 is 1.04 bits per heavy atom. The molecule has 0 heterocycles. The monoisotopic (exact) mass is 390 g/mol. The zero-order chi connectivity index (χ0) is 19.7. The van der Waals surface area contributed by atoms with E-state index in [1.54, 1.807) is 12.1 Å². The van der Waals surface area contributed by atoms with Crippen LogP contribution in [0.25, 0.3) is 6.08 Å². The quantitative estimate of drug-likeness (QED) is 0.503. The van der Waals surface area contributed by atoms with Gasteiger partial charge in [-0.3, -0.25) is 4.79 Å². The molecule has 4 saturated carbocycles. The molecule has 1 aromatic rings. The number of alkyl halides is 2. The number of ketones is 1. The fraction of sp³-hybridized carbons (Fsp3) is 0.545. The van der Waals surface area contributed by atoms with Crippen LogP contribution in [0, 0.1) is 23.2 Å². The van der Waals surface area contributed by atoms with Gasteiger partial charge in [-0.15, -0.1) is 0 Å². The van der Waals surface area contributed by atoms with Crippen LogP contribution in [0.3, 0.4) is 0 Å². The minimum absolute atomic E-state index is 0.0518. The number of esters is 1. The maximum atomic E-state index is 12.8. The van der Waals surface area contributed by atoms with Crippen molar-refractivity contribution >= 4 is 17.8 Å². The van der Waals surface area contributed by atoms with Crippen LogP contribution in [0.1, 0.15) is 44.1 Å². The number of carbonyl (C=O) groups is 2. The van der Waals surface area contributed by atoms with Crippen LogP contribution in [0.15, 0.2) is 30.3 Å². The van der Waals surface area contributed by atoms with Crippen molar-refractivity contribution in [1.29, 1.82) is 0 Å². The molecule has 4 aliphatic carbocycles. The van der Waals surface area contributed by atoms with E-state index in [0.29, 0.717) is 23.3 Å². The van der Waals surface area contributed by atoms with Crippen LogP contribution in [0.2, 0.25) is 0 Å². The summed E-state index contributed by atoms with van der Waals surface area (Å²) in [6.45, 7) is -3.04. The fourth-order valence-corrected chi connectivity index (χ4v) is 5.71. The van der Waals surface area contributed by atoms with Crippen molar-refractivity contribution in [2.24, 2.45) is 23.2 Å². The van der Waals surface area contributed by atoms with E-state index in [1.807, 2.05) is 0 Å². The first kappa shape index (κ1) is 19.1. The zero-order valence-electron chi connectivity index (χ0n) is 15.6. The molecule has 0 N–H and O–H groups in total. The van der Waals surface area contributed by atoms with E-state index in [0.717, 1.165) is 19.3 Å². The van der Waals surface area contributed by atoms with Gasteiger partial charge in [0.05, 0.1) is 0 Å². The van der Waals surface area contributed by atoms with E-state index in [2.05, 4.69) is 4.74 Å². The Morgan fingerprint density at radius 3 is 2.14 bits per heavy atom. The average Bonchev–Trinajstić information content (AvgIpc) is 2.64. The lowest BCUT2D eigenvalue weighted by atomic mass is 9.48. The van der Waals surface area contributed by atoms with Gasteiger partial charge in [-0.05, 0) is 80.1 Å². The highest BCUT2D eigenvalue weighted by atomic mass is 19.3. The third kappa shape index (κ3) is 4.10. The summed E-state index contributed by atoms with van der Waals surface area (Å²) in [5.41, 5.74) is 0.380. The van der Waals surface area contributed by atoms with Crippen LogP contribution in [0.4, 0.5) is 8.78 Å². The molecular weight excluding hydrogens is 366 g/mol. The summed E-state index contributed by atoms with van der Waals surface area (Å²) in [5, 5.41) is 0. The van der Waals surface area contributed by atoms with Crippen molar-refractivity contribution in [3.8, 4) is 5.75 Å². The van der Waals surface area contributed by atoms with Crippen molar-refractivity contribution in [1.82, 2.24) is 0 Å². The molecule has 0 spiro atoms. The summed E-state index contributed by atoms with van der Waals surface area (Å²) in [4.78, 5) is 24.8. The van der Waals surface area contributed by atoms with Gasteiger partial charge in [0.15, 0.2) is 12.4 Å². The second kappa shape index (κ2) is 7.64. The number of carbonyl (C=O) groups excluding carboxylic acids is 2. The Balaban J connectivity index is 1.28. The van der Waals surface area contributed by atoms with E-state index in [-0.39, 0.29) is 23.6 Å². The lowest BCUT2D eigenvalue weighted by Crippen LogP contribution is -2.51. The number of benzene rings is 1. The van der Waals surface area contributed by atoms with Crippen molar-refractivity contribution < 1.29 is 27.8 Å². The number of hydrogen-bond acceptors (Lipinski definition) is 4. The fourth-order valence-electron chi connectivity index (χ4n) is 5.71. The Hall–Kier alpha value is -2.24. The molecule has 1 aromatic carbocycles. The summed E-state index contributed by atoms with van der Waals surface area (Å²) in [7, 11) is 0. The molecule has 4 fully saturated rings. The van der Waals surface area contributed by atoms with Gasteiger partial charge in [0.1, 0.15) is 5.75 Å². The molecule has 4 aliphatic rings. The van der Waals surface area contributed by atoms with Crippen molar-refractivity contribution in [2.75, 3.05) is 6.61 Å². The summed E-state index contributed by atoms with van der Waals surface area (Å²) >= 11 is 0. The van der Waals surface area contributed by atoms with Crippen molar-refractivity contribution in [3.63, 3.8) is 0 Å². The second-order valence-electron chi connectivity index (χ2n) is 8.51. The van der Waals surface area contributed by atoms with Gasteiger partial charge in [0, 0.05) is 11.5 Å². The SMILES string of the molecule is O=C(/C=C/c1ccc(OC(F)F)cc1)OCC(=O)C12CC3CC(CC(C3)C1)C2. The van der Waals surface area contributed by atoms with E-state index in [4.69, 9.17) is 4.74 Å². The van der Waals surface area contributed by atoms with Crippen LogP contribution in [-0.4, -0.2) is 25.0 Å². The van der Waals surface area contributed by atoms with Gasteiger partial charge in [0.2, 0.25) is 0 Å². The molecule has 6 heteroatoms. The highest BCUT2D eigenvalue weighted by Crippen LogP contribution is 2.60. The number of hydrogen-bond donors (Lipinski definition) is 0. The largest absolute Gasteiger partial charge is 0.455 e. The van der Waals surface area contributed by atoms with Crippen LogP contribution in [-0.2, 0) is 14.3 Å². The van der Waals surface area contributed by atoms with Gasteiger partial charge in [-0.2, -0.15) is 8.78 Å². The highest BCUT2D eigenvalue weighted by molar-refractivity contribution is 5.91. The normalized spacial score (nSPS) is 30.8. The maximum Gasteiger partial charge on any atom is 0.387 e. The molecular formula is C22H24F2O4. The molecule has 4 nitrogen and oxygen atoms in total. The van der Waals surface area contributed by atoms with Crippen LogP contribution >= 0.6 is 0 Å². The molecule has 0 aliphatic heterocycles. The number of halogens is 2. The topological polar surface area (TPSA) is 52.6 Å². The molecule has 0 saturated heterocycles. The zero-order valence-corrected chi connectivity index (χ0v) is 15.6. The second-order valence-corrected chi connectivity index (χ2v) is 8.51. The highest BCUT2D eigenvalue weighted by Gasteiger charge is 2.54. The summed E-state index contributed by atoms with van der Waals surface area (Å²) in [6, 6.07) is 5.91. The van der Waals surface area contributed by atoms with Gasteiger partial charge >= 0.3 is 12.6 Å². The van der Waals surface area contributed by atoms with Crippen molar-refractivity contribution in [3.05, 3.63) is 35.9 Å². The third-order valence-corrected chi connectivity index (χ3v) is 6.49. The molecule has 0 radical (unpaired) electrons. The minimum atomic E-state index is -2.87. The molecule has 4 bridgehead atoms. The summed E-state index contributed by atoms with van der Waals surface area (Å²) in [5.74, 6) is 1.55. The summed E-state index contributed by atoms with van der Waals surface area (Å²) < 4.78 is 33.7. The molecule has 0 unspecified atom stereocenters. The average molecular weight is 390 g/mol. The van der Waals surface area contributed by atoms with Crippen LogP contribution < -0.4 is 4.74 Å². The first-order chi connectivity index (χ1) is 13.4. The minimum Gasteiger partial charge on any atom is -0.455 e. The predicted octanol–water partition coefficient (Wildman–Crippen LogP) is 4.63. The molecule has 150 valence electrons. The third-order valence-electron chi connectivity index (χ3n) is 6.49. The first-order valence-electron chi connectivity index (χ1n) is 9.85. The Kier molecular flexibility index (Phi) is 5.21. The van der Waals surface area contributed by atoms with E-state index in [1.165, 1.54) is 43.5 Å². The van der Waals surface area contributed by atoms with E-state index >= 15 is 0 Å². The number of Topliss-reactive ketones (excluding diaryl/α,β-unsaturated/α-hetero) is 1. The molecule has 0 amide bonds. The van der Waals surface area contributed by atoms with E-state index in [9.17, 15) is 18.4 Å². The molecule has 0 atom stereocenters. The first-order valence-corrected chi connectivity index (χ1v) is 9.85. The number of rotatable bonds is 7. The van der Waals surface area contributed by atoms with Gasteiger partial charge in [0.25, 0.3) is 0 Å². The number of ether oxygens (including phenoxy) is 2. The Bertz CT molecular complexity index is 734. The predicted molar refractivity (Wildman–Crippen MR) is 98.7 cm³/mol. The van der Waals surface area contributed by atoms with Gasteiger partial charge in [-0.25, -0.2) is 4.79 Å². The summed E-state index contributed by atoms with van der Waals surface area (Å²) in [6.07, 6.45) is 9.41.